The molecule has 0 spiro atoms. The number of hydrogen-bond acceptors (Lipinski definition) is 4. The van der Waals surface area contributed by atoms with Crippen LogP contribution in [0.2, 0.25) is 0 Å². The first-order valence-electron chi connectivity index (χ1n) is 12.3. The van der Waals surface area contributed by atoms with Gasteiger partial charge in [0.1, 0.15) is 6.10 Å². The summed E-state index contributed by atoms with van der Waals surface area (Å²) in [5.74, 6) is 0.966. The van der Waals surface area contributed by atoms with Crippen molar-refractivity contribution in [2.45, 2.75) is 59.5 Å². The SMILES string of the molecule is Cc1ccc(N2CCN(CC3C(=O)OC4CC5(C)CCCC(C)C5=CC43)CC2)c(C)c1. The van der Waals surface area contributed by atoms with Crippen LogP contribution in [0.4, 0.5) is 5.69 Å². The van der Waals surface area contributed by atoms with Crippen LogP contribution in [-0.2, 0) is 9.53 Å². The highest BCUT2D eigenvalue weighted by molar-refractivity contribution is 5.76. The topological polar surface area (TPSA) is 32.8 Å². The molecular formula is C27H38N2O2. The maximum atomic E-state index is 12.9. The number of carbonyl (C=O) groups excluding carboxylic acids is 1. The van der Waals surface area contributed by atoms with Crippen LogP contribution in [0.3, 0.4) is 0 Å². The molecule has 0 N–H and O–H groups in total. The minimum atomic E-state index is 0.00355. The lowest BCUT2D eigenvalue weighted by Crippen LogP contribution is -2.49. The van der Waals surface area contributed by atoms with Gasteiger partial charge in [0.15, 0.2) is 0 Å². The normalized spacial score (nSPS) is 35.9. The lowest BCUT2D eigenvalue weighted by atomic mass is 9.59. The second-order valence-electron chi connectivity index (χ2n) is 10.9. The van der Waals surface area contributed by atoms with E-state index in [0.29, 0.717) is 5.92 Å². The molecule has 5 unspecified atom stereocenters. The molecule has 2 saturated heterocycles. The summed E-state index contributed by atoms with van der Waals surface area (Å²) in [6.07, 6.45) is 7.44. The molecule has 4 heteroatoms. The number of piperazine rings is 1. The average Bonchev–Trinajstić information content (AvgIpc) is 3.01. The average molecular weight is 423 g/mol. The van der Waals surface area contributed by atoms with Gasteiger partial charge in [0.05, 0.1) is 5.92 Å². The number of anilines is 1. The molecule has 3 fully saturated rings. The number of allylic oxidation sites excluding steroid dienone is 1. The van der Waals surface area contributed by atoms with Gasteiger partial charge in [0.25, 0.3) is 0 Å². The summed E-state index contributed by atoms with van der Waals surface area (Å²) in [4.78, 5) is 17.9. The fourth-order valence-corrected chi connectivity index (χ4v) is 6.87. The molecule has 2 heterocycles. The van der Waals surface area contributed by atoms with Gasteiger partial charge >= 0.3 is 5.97 Å². The van der Waals surface area contributed by atoms with Gasteiger partial charge in [-0.25, -0.2) is 0 Å². The fraction of sp³-hybridized carbons (Fsp3) is 0.667. The lowest BCUT2D eigenvalue weighted by Gasteiger charge is -2.46. The molecule has 1 aromatic rings. The van der Waals surface area contributed by atoms with Gasteiger partial charge in [-0.15, -0.1) is 0 Å². The predicted octanol–water partition coefficient (Wildman–Crippen LogP) is 4.74. The van der Waals surface area contributed by atoms with E-state index in [0.717, 1.165) is 39.1 Å². The van der Waals surface area contributed by atoms with Crippen LogP contribution in [0.1, 0.15) is 50.7 Å². The number of nitrogens with zero attached hydrogens (tertiary/aromatic N) is 2. The van der Waals surface area contributed by atoms with Crippen molar-refractivity contribution >= 4 is 11.7 Å². The molecule has 2 aliphatic carbocycles. The van der Waals surface area contributed by atoms with Crippen molar-refractivity contribution in [3.8, 4) is 0 Å². The van der Waals surface area contributed by atoms with Crippen LogP contribution in [0.15, 0.2) is 29.8 Å². The van der Waals surface area contributed by atoms with E-state index < -0.39 is 0 Å². The molecule has 1 saturated carbocycles. The summed E-state index contributed by atoms with van der Waals surface area (Å²) < 4.78 is 5.97. The molecule has 4 aliphatic rings. The molecular weight excluding hydrogens is 384 g/mol. The Labute approximate surface area is 187 Å². The van der Waals surface area contributed by atoms with E-state index in [-0.39, 0.29) is 29.3 Å². The summed E-state index contributed by atoms with van der Waals surface area (Å²) in [6, 6.07) is 6.74. The summed E-state index contributed by atoms with van der Waals surface area (Å²) in [5.41, 5.74) is 5.88. The zero-order valence-corrected chi connectivity index (χ0v) is 19.7. The third kappa shape index (κ3) is 3.82. The molecule has 2 aliphatic heterocycles. The van der Waals surface area contributed by atoms with E-state index in [1.54, 1.807) is 5.57 Å². The molecule has 0 bridgehead atoms. The highest BCUT2D eigenvalue weighted by Gasteiger charge is 2.52. The second-order valence-corrected chi connectivity index (χ2v) is 10.9. The van der Waals surface area contributed by atoms with Crippen molar-refractivity contribution in [3.63, 3.8) is 0 Å². The van der Waals surface area contributed by atoms with Crippen LogP contribution in [-0.4, -0.2) is 49.7 Å². The Morgan fingerprint density at radius 1 is 1.16 bits per heavy atom. The molecule has 168 valence electrons. The van der Waals surface area contributed by atoms with Crippen molar-refractivity contribution in [1.29, 1.82) is 0 Å². The van der Waals surface area contributed by atoms with E-state index in [2.05, 4.69) is 61.8 Å². The number of fused-ring (bicyclic) bond motifs is 2. The smallest absolute Gasteiger partial charge is 0.311 e. The van der Waals surface area contributed by atoms with Crippen LogP contribution < -0.4 is 4.90 Å². The van der Waals surface area contributed by atoms with Crippen molar-refractivity contribution in [2.75, 3.05) is 37.6 Å². The number of esters is 1. The standard InChI is InChI=1S/C27H38N2O2/c1-18-7-8-24(20(3)14-18)29-12-10-28(11-13-29)17-22-21-15-23-19(2)6-5-9-27(23,4)16-25(21)31-26(22)30/h7-8,14-15,19,21-22,25H,5-6,9-13,16-17H2,1-4H3. The van der Waals surface area contributed by atoms with Gasteiger partial charge in [0, 0.05) is 44.3 Å². The largest absolute Gasteiger partial charge is 0.461 e. The minimum Gasteiger partial charge on any atom is -0.461 e. The molecule has 5 rings (SSSR count). The third-order valence-electron chi connectivity index (χ3n) is 8.60. The zero-order chi connectivity index (χ0) is 21.8. The molecule has 1 aromatic carbocycles. The number of benzene rings is 1. The van der Waals surface area contributed by atoms with E-state index in [1.165, 1.54) is 36.1 Å². The van der Waals surface area contributed by atoms with Crippen molar-refractivity contribution < 1.29 is 9.53 Å². The van der Waals surface area contributed by atoms with E-state index >= 15 is 0 Å². The van der Waals surface area contributed by atoms with Crippen LogP contribution in [0.5, 0.6) is 0 Å². The zero-order valence-electron chi connectivity index (χ0n) is 19.7. The first-order valence-corrected chi connectivity index (χ1v) is 12.3. The first kappa shape index (κ1) is 21.1. The van der Waals surface area contributed by atoms with Gasteiger partial charge in [-0.3, -0.25) is 9.69 Å². The van der Waals surface area contributed by atoms with Crippen molar-refractivity contribution in [1.82, 2.24) is 4.90 Å². The summed E-state index contributed by atoms with van der Waals surface area (Å²) >= 11 is 0. The van der Waals surface area contributed by atoms with Crippen LogP contribution in [0, 0.1) is 37.0 Å². The molecule has 4 nitrogen and oxygen atoms in total. The van der Waals surface area contributed by atoms with Crippen molar-refractivity contribution in [2.24, 2.45) is 23.2 Å². The van der Waals surface area contributed by atoms with E-state index in [4.69, 9.17) is 4.74 Å². The quantitative estimate of drug-likeness (QED) is 0.520. The molecule has 31 heavy (non-hydrogen) atoms. The number of hydrogen-bond donors (Lipinski definition) is 0. The predicted molar refractivity (Wildman–Crippen MR) is 125 cm³/mol. The fourth-order valence-electron chi connectivity index (χ4n) is 6.87. The van der Waals surface area contributed by atoms with E-state index in [9.17, 15) is 4.79 Å². The highest BCUT2D eigenvalue weighted by Crippen LogP contribution is 2.54. The van der Waals surface area contributed by atoms with Crippen molar-refractivity contribution in [3.05, 3.63) is 41.0 Å². The van der Waals surface area contributed by atoms with Crippen LogP contribution in [0.25, 0.3) is 0 Å². The Hall–Kier alpha value is -1.81. The number of ether oxygens (including phenoxy) is 1. The summed E-state index contributed by atoms with van der Waals surface area (Å²) in [5, 5.41) is 0. The van der Waals surface area contributed by atoms with Gasteiger partial charge in [-0.2, -0.15) is 0 Å². The Morgan fingerprint density at radius 2 is 1.94 bits per heavy atom. The highest BCUT2D eigenvalue weighted by atomic mass is 16.6. The third-order valence-corrected chi connectivity index (χ3v) is 8.60. The Bertz CT molecular complexity index is 885. The van der Waals surface area contributed by atoms with Gasteiger partial charge < -0.3 is 9.64 Å². The molecule has 0 amide bonds. The number of aryl methyl sites for hydroxylation is 2. The summed E-state index contributed by atoms with van der Waals surface area (Å²) in [7, 11) is 0. The van der Waals surface area contributed by atoms with E-state index in [1.807, 2.05) is 0 Å². The van der Waals surface area contributed by atoms with Crippen LogP contribution >= 0.6 is 0 Å². The van der Waals surface area contributed by atoms with Gasteiger partial charge in [-0.05, 0) is 56.1 Å². The van der Waals surface area contributed by atoms with Gasteiger partial charge in [0.2, 0.25) is 0 Å². The number of carbonyl (C=O) groups is 1. The maximum absolute atomic E-state index is 12.9. The Morgan fingerprint density at radius 3 is 2.68 bits per heavy atom. The monoisotopic (exact) mass is 422 g/mol. The Balaban J connectivity index is 1.26. The lowest BCUT2D eigenvalue weighted by molar-refractivity contribution is -0.145. The maximum Gasteiger partial charge on any atom is 0.311 e. The first-order chi connectivity index (χ1) is 14.8. The summed E-state index contributed by atoms with van der Waals surface area (Å²) in [6.45, 7) is 14.1. The second kappa shape index (κ2) is 7.95. The molecule has 5 atom stereocenters. The Kier molecular flexibility index (Phi) is 5.40. The minimum absolute atomic E-state index is 0.00355. The molecule has 0 radical (unpaired) electrons. The van der Waals surface area contributed by atoms with Gasteiger partial charge in [-0.1, -0.05) is 49.6 Å². The number of rotatable bonds is 3. The molecule has 0 aromatic heterocycles.